The quantitative estimate of drug-likeness (QED) is 0.818. The van der Waals surface area contributed by atoms with Crippen LogP contribution in [0.3, 0.4) is 0 Å². The maximum absolute atomic E-state index is 11.9. The Balaban J connectivity index is 3.05. The smallest absolute Gasteiger partial charge is 0.338 e. The topological polar surface area (TPSA) is 84.5 Å². The Morgan fingerprint density at radius 2 is 1.57 bits per heavy atom. The van der Waals surface area contributed by atoms with Crippen molar-refractivity contribution in [1.82, 2.24) is 0 Å². The molecule has 21 heavy (non-hydrogen) atoms. The number of esters is 1. The fourth-order valence-electron chi connectivity index (χ4n) is 1.52. The molecule has 0 aromatic heterocycles. The molecule has 0 aliphatic heterocycles. The summed E-state index contributed by atoms with van der Waals surface area (Å²) in [6, 6.07) is 4.40. The van der Waals surface area contributed by atoms with Crippen LogP contribution in [0.2, 0.25) is 0 Å². The predicted molar refractivity (Wildman–Crippen MR) is 80.3 cm³/mol. The van der Waals surface area contributed by atoms with Gasteiger partial charge in [0.25, 0.3) is 0 Å². The van der Waals surface area contributed by atoms with Crippen molar-refractivity contribution in [2.45, 2.75) is 13.8 Å². The Kier molecular flexibility index (Phi) is 5.92. The third-order valence-corrected chi connectivity index (χ3v) is 2.28. The highest BCUT2D eigenvalue weighted by molar-refractivity contribution is 6.29. The minimum absolute atomic E-state index is 0.125. The lowest BCUT2D eigenvalue weighted by molar-refractivity contribution is -0.115. The van der Waals surface area contributed by atoms with Gasteiger partial charge in [-0.15, -0.1) is 0 Å². The van der Waals surface area contributed by atoms with Crippen molar-refractivity contribution >= 4 is 40.8 Å². The number of carbonyl (C=O) groups is 3. The molecule has 6 nitrogen and oxygen atoms in total. The summed E-state index contributed by atoms with van der Waals surface area (Å²) in [5.74, 6) is -1.25. The number of anilines is 2. The van der Waals surface area contributed by atoms with E-state index in [1.165, 1.54) is 32.0 Å². The molecule has 0 aliphatic carbocycles. The summed E-state index contributed by atoms with van der Waals surface area (Å²) in [5, 5.41) is 5.26. The first-order valence-corrected chi connectivity index (χ1v) is 6.36. The fraction of sp³-hybridized carbons (Fsp3) is 0.214. The van der Waals surface area contributed by atoms with E-state index in [2.05, 4.69) is 17.2 Å². The molecule has 0 unspecified atom stereocenters. The van der Waals surface area contributed by atoms with Crippen molar-refractivity contribution in [3.05, 3.63) is 35.4 Å². The van der Waals surface area contributed by atoms with Crippen LogP contribution in [0.15, 0.2) is 29.8 Å². The normalized spacial score (nSPS) is 9.67. The number of hydrogen-bond acceptors (Lipinski definition) is 4. The standard InChI is InChI=1S/C14H15ClN2O4/c1-8(15)7-21-14(20)11-4-12(16-9(2)18)6-13(5-11)17-10(3)19/h4-6H,1,7H2,2-3H3,(H,16,18)(H,17,19). The van der Waals surface area contributed by atoms with Gasteiger partial charge in [0.15, 0.2) is 0 Å². The van der Waals surface area contributed by atoms with Crippen LogP contribution >= 0.6 is 11.6 Å². The highest BCUT2D eigenvalue weighted by atomic mass is 35.5. The van der Waals surface area contributed by atoms with Gasteiger partial charge in [0, 0.05) is 30.3 Å². The lowest BCUT2D eigenvalue weighted by Gasteiger charge is -2.10. The number of nitrogens with one attached hydrogen (secondary N) is 2. The number of ether oxygens (including phenoxy) is 1. The largest absolute Gasteiger partial charge is 0.456 e. The molecule has 0 spiro atoms. The Bertz CT molecular complexity index is 564. The van der Waals surface area contributed by atoms with Crippen molar-refractivity contribution in [1.29, 1.82) is 0 Å². The first kappa shape index (κ1) is 16.7. The summed E-state index contributed by atoms with van der Waals surface area (Å²) >= 11 is 5.52. The third kappa shape index (κ3) is 6.09. The van der Waals surface area contributed by atoms with Crippen LogP contribution in [0.1, 0.15) is 24.2 Å². The van der Waals surface area contributed by atoms with Crippen LogP contribution in [0.25, 0.3) is 0 Å². The van der Waals surface area contributed by atoms with Gasteiger partial charge in [-0.25, -0.2) is 4.79 Å². The first-order chi connectivity index (χ1) is 9.77. The van der Waals surface area contributed by atoms with Gasteiger partial charge in [0.1, 0.15) is 6.61 Å². The lowest BCUT2D eigenvalue weighted by Crippen LogP contribution is -2.12. The SMILES string of the molecule is C=C(Cl)COC(=O)c1cc(NC(C)=O)cc(NC(C)=O)c1. The average Bonchev–Trinajstić information content (AvgIpc) is 2.33. The molecule has 1 aromatic carbocycles. The zero-order valence-electron chi connectivity index (χ0n) is 11.7. The van der Waals surface area contributed by atoms with E-state index in [1.54, 1.807) is 0 Å². The summed E-state index contributed by atoms with van der Waals surface area (Å²) in [4.78, 5) is 34.1. The summed E-state index contributed by atoms with van der Waals surface area (Å²) in [6.45, 7) is 5.95. The Labute approximate surface area is 127 Å². The van der Waals surface area contributed by atoms with Crippen molar-refractivity contribution < 1.29 is 19.1 Å². The van der Waals surface area contributed by atoms with Gasteiger partial charge in [-0.2, -0.15) is 0 Å². The van der Waals surface area contributed by atoms with Gasteiger partial charge < -0.3 is 15.4 Å². The molecule has 0 saturated heterocycles. The van der Waals surface area contributed by atoms with E-state index in [9.17, 15) is 14.4 Å². The van der Waals surface area contributed by atoms with Gasteiger partial charge >= 0.3 is 5.97 Å². The summed E-state index contributed by atoms with van der Waals surface area (Å²) in [7, 11) is 0. The van der Waals surface area contributed by atoms with Crippen molar-refractivity contribution in [2.75, 3.05) is 17.2 Å². The van der Waals surface area contributed by atoms with Gasteiger partial charge in [-0.1, -0.05) is 18.2 Å². The molecule has 2 N–H and O–H groups in total. The lowest BCUT2D eigenvalue weighted by atomic mass is 10.1. The van der Waals surface area contributed by atoms with E-state index in [-0.39, 0.29) is 29.0 Å². The van der Waals surface area contributed by atoms with E-state index in [1.807, 2.05) is 0 Å². The van der Waals surface area contributed by atoms with Crippen LogP contribution in [-0.4, -0.2) is 24.4 Å². The summed E-state index contributed by atoms with van der Waals surface area (Å²) in [5.41, 5.74) is 0.902. The molecule has 0 atom stereocenters. The van der Waals surface area contributed by atoms with Crippen LogP contribution in [0, 0.1) is 0 Å². The van der Waals surface area contributed by atoms with Crippen molar-refractivity contribution in [3.8, 4) is 0 Å². The van der Waals surface area contributed by atoms with Crippen LogP contribution < -0.4 is 10.6 Å². The van der Waals surface area contributed by atoms with Crippen LogP contribution in [-0.2, 0) is 14.3 Å². The van der Waals surface area contributed by atoms with E-state index in [0.29, 0.717) is 11.4 Å². The monoisotopic (exact) mass is 310 g/mol. The molecule has 0 aliphatic rings. The molecule has 0 radical (unpaired) electrons. The van der Waals surface area contributed by atoms with E-state index in [4.69, 9.17) is 16.3 Å². The molecule has 7 heteroatoms. The minimum atomic E-state index is -0.643. The van der Waals surface area contributed by atoms with Gasteiger partial charge in [-0.3, -0.25) is 9.59 Å². The van der Waals surface area contributed by atoms with Gasteiger partial charge in [0.2, 0.25) is 11.8 Å². The molecule has 2 amide bonds. The van der Waals surface area contributed by atoms with Gasteiger partial charge in [-0.05, 0) is 18.2 Å². The molecular weight excluding hydrogens is 296 g/mol. The van der Waals surface area contributed by atoms with E-state index >= 15 is 0 Å². The highest BCUT2D eigenvalue weighted by Gasteiger charge is 2.12. The molecule has 0 fully saturated rings. The molecule has 0 saturated carbocycles. The first-order valence-electron chi connectivity index (χ1n) is 5.98. The van der Waals surface area contributed by atoms with E-state index < -0.39 is 5.97 Å². The second kappa shape index (κ2) is 7.44. The van der Waals surface area contributed by atoms with Gasteiger partial charge in [0.05, 0.1) is 5.56 Å². The Hall–Kier alpha value is -2.34. The maximum atomic E-state index is 11.9. The molecule has 0 heterocycles. The maximum Gasteiger partial charge on any atom is 0.338 e. The number of hydrogen-bond donors (Lipinski definition) is 2. The summed E-state index contributed by atoms with van der Waals surface area (Å²) < 4.78 is 4.91. The predicted octanol–water partition coefficient (Wildman–Crippen LogP) is 2.51. The average molecular weight is 311 g/mol. The zero-order chi connectivity index (χ0) is 16.0. The minimum Gasteiger partial charge on any atom is -0.456 e. The number of carbonyl (C=O) groups excluding carboxylic acids is 3. The van der Waals surface area contributed by atoms with Crippen LogP contribution in [0.4, 0.5) is 11.4 Å². The second-order valence-electron chi connectivity index (χ2n) is 4.25. The fourth-order valence-corrected chi connectivity index (χ4v) is 1.58. The van der Waals surface area contributed by atoms with E-state index in [0.717, 1.165) is 0 Å². The number of amides is 2. The Morgan fingerprint density at radius 3 is 1.95 bits per heavy atom. The third-order valence-electron chi connectivity index (χ3n) is 2.17. The number of halogens is 1. The molecule has 1 aromatic rings. The highest BCUT2D eigenvalue weighted by Crippen LogP contribution is 2.20. The molecule has 1 rings (SSSR count). The van der Waals surface area contributed by atoms with Crippen molar-refractivity contribution in [2.24, 2.45) is 0 Å². The molecule has 112 valence electrons. The Morgan fingerprint density at radius 1 is 1.10 bits per heavy atom. The van der Waals surface area contributed by atoms with Crippen LogP contribution in [0.5, 0.6) is 0 Å². The zero-order valence-corrected chi connectivity index (χ0v) is 12.4. The number of benzene rings is 1. The van der Waals surface area contributed by atoms with Crippen molar-refractivity contribution in [3.63, 3.8) is 0 Å². The molecule has 0 bridgehead atoms. The second-order valence-corrected chi connectivity index (χ2v) is 4.79. The number of rotatable bonds is 5. The molecular formula is C14H15ClN2O4. The summed E-state index contributed by atoms with van der Waals surface area (Å²) in [6.07, 6.45) is 0.